The number of thiazole rings is 1. The Hall–Kier alpha value is -4.11. The van der Waals surface area contributed by atoms with Crippen molar-refractivity contribution in [1.82, 2.24) is 4.57 Å². The van der Waals surface area contributed by atoms with Gasteiger partial charge in [-0.3, -0.25) is 9.36 Å². The molecule has 1 atom stereocenters. The lowest BCUT2D eigenvalue weighted by molar-refractivity contribution is -0.139. The lowest BCUT2D eigenvalue weighted by atomic mass is 9.96. The molecule has 9 heteroatoms. The summed E-state index contributed by atoms with van der Waals surface area (Å²) in [6.45, 7) is 13.8. The number of hydrogen-bond donors (Lipinski definition) is 0. The molecule has 3 aromatic rings. The maximum absolute atomic E-state index is 13.9. The molecule has 0 bridgehead atoms. The number of carbonyl (C=O) groups excluding carboxylic acids is 1. The van der Waals surface area contributed by atoms with E-state index in [0.29, 0.717) is 38.7 Å². The van der Waals surface area contributed by atoms with Crippen molar-refractivity contribution in [2.75, 3.05) is 38.3 Å². The molecule has 0 radical (unpaired) electrons. The highest BCUT2D eigenvalue weighted by atomic mass is 32.1. The van der Waals surface area contributed by atoms with E-state index >= 15 is 0 Å². The standard InChI is InChI=1S/C31H35N3O5S/c1-7-17-39-24-15-12-21(13-16-24)28-27(30(36)38-10-4)20(5)32-31-34(28)29(35)26(40-31)18-22-11-14-23(19-25(22)37-6)33(8-2)9-3/h7,11-16,18-19,28H,1,8-10,17H2,2-6H3/b26-18-/t28-/m1/s1. The van der Waals surface area contributed by atoms with E-state index in [0.717, 1.165) is 29.9 Å². The van der Waals surface area contributed by atoms with E-state index in [9.17, 15) is 9.59 Å². The van der Waals surface area contributed by atoms with Crippen LogP contribution in [0, 0.1) is 0 Å². The fourth-order valence-electron chi connectivity index (χ4n) is 4.75. The number of fused-ring (bicyclic) bond motifs is 1. The Bertz CT molecular complexity index is 1600. The molecule has 0 N–H and O–H groups in total. The van der Waals surface area contributed by atoms with E-state index in [1.165, 1.54) is 11.3 Å². The van der Waals surface area contributed by atoms with Gasteiger partial charge in [0.2, 0.25) is 0 Å². The molecule has 0 unspecified atom stereocenters. The van der Waals surface area contributed by atoms with Crippen LogP contribution in [0.4, 0.5) is 5.69 Å². The minimum absolute atomic E-state index is 0.213. The van der Waals surface area contributed by atoms with Crippen LogP contribution >= 0.6 is 11.3 Å². The first kappa shape index (κ1) is 28.9. The average Bonchev–Trinajstić information content (AvgIpc) is 3.26. The second-order valence-electron chi connectivity index (χ2n) is 9.07. The Morgan fingerprint density at radius 1 is 1.15 bits per heavy atom. The molecule has 8 nitrogen and oxygen atoms in total. The molecule has 4 rings (SSSR count). The predicted molar refractivity (Wildman–Crippen MR) is 159 cm³/mol. The smallest absolute Gasteiger partial charge is 0.338 e. The van der Waals surface area contributed by atoms with E-state index in [-0.39, 0.29) is 12.2 Å². The Kier molecular flexibility index (Phi) is 9.26. The number of carbonyl (C=O) groups is 1. The van der Waals surface area contributed by atoms with E-state index in [4.69, 9.17) is 14.2 Å². The van der Waals surface area contributed by atoms with Crippen molar-refractivity contribution in [1.29, 1.82) is 0 Å². The first-order valence-corrected chi connectivity index (χ1v) is 14.1. The van der Waals surface area contributed by atoms with E-state index < -0.39 is 12.0 Å². The normalized spacial score (nSPS) is 14.8. The van der Waals surface area contributed by atoms with Crippen molar-refractivity contribution in [3.63, 3.8) is 0 Å². The summed E-state index contributed by atoms with van der Waals surface area (Å²) < 4.78 is 18.8. The van der Waals surface area contributed by atoms with Gasteiger partial charge in [0.25, 0.3) is 5.56 Å². The zero-order valence-electron chi connectivity index (χ0n) is 23.6. The number of allylic oxidation sites excluding steroid dienone is 1. The van der Waals surface area contributed by atoms with Gasteiger partial charge in [-0.1, -0.05) is 36.1 Å². The van der Waals surface area contributed by atoms with Crippen molar-refractivity contribution in [3.05, 3.63) is 97.2 Å². The fraction of sp³-hybridized carbons (Fsp3) is 0.323. The quantitative estimate of drug-likeness (QED) is 0.258. The number of hydrogen-bond acceptors (Lipinski definition) is 8. The summed E-state index contributed by atoms with van der Waals surface area (Å²) in [4.78, 5) is 34.5. The summed E-state index contributed by atoms with van der Waals surface area (Å²) in [5.41, 5.74) is 3.19. The Morgan fingerprint density at radius 3 is 2.50 bits per heavy atom. The third-order valence-electron chi connectivity index (χ3n) is 6.71. The Morgan fingerprint density at radius 2 is 1.88 bits per heavy atom. The van der Waals surface area contributed by atoms with Gasteiger partial charge in [-0.15, -0.1) is 0 Å². The van der Waals surface area contributed by atoms with E-state index in [1.54, 1.807) is 31.6 Å². The van der Waals surface area contributed by atoms with Crippen LogP contribution in [0.25, 0.3) is 6.08 Å². The third-order valence-corrected chi connectivity index (χ3v) is 7.70. The number of benzene rings is 2. The minimum atomic E-state index is -0.696. The van der Waals surface area contributed by atoms with Gasteiger partial charge in [-0.2, -0.15) is 0 Å². The topological polar surface area (TPSA) is 82.4 Å². The van der Waals surface area contributed by atoms with Crippen molar-refractivity contribution in [2.24, 2.45) is 4.99 Å². The molecule has 0 saturated heterocycles. The molecule has 0 aliphatic carbocycles. The Labute approximate surface area is 238 Å². The lowest BCUT2D eigenvalue weighted by Gasteiger charge is -2.24. The maximum atomic E-state index is 13.9. The minimum Gasteiger partial charge on any atom is -0.496 e. The largest absolute Gasteiger partial charge is 0.496 e. The summed E-state index contributed by atoms with van der Waals surface area (Å²) in [5, 5.41) is 0. The zero-order chi connectivity index (χ0) is 28.8. The summed E-state index contributed by atoms with van der Waals surface area (Å²) in [5.74, 6) is 0.837. The number of aromatic nitrogens is 1. The van der Waals surface area contributed by atoms with Crippen LogP contribution in [-0.2, 0) is 9.53 Å². The van der Waals surface area contributed by atoms with E-state index in [2.05, 4.69) is 30.3 Å². The van der Waals surface area contributed by atoms with Gasteiger partial charge in [0.15, 0.2) is 4.80 Å². The maximum Gasteiger partial charge on any atom is 0.338 e. The molecule has 2 heterocycles. The molecule has 210 valence electrons. The van der Waals surface area contributed by atoms with Gasteiger partial charge in [0.05, 0.1) is 35.6 Å². The molecule has 1 aromatic heterocycles. The number of rotatable bonds is 11. The van der Waals surface area contributed by atoms with Crippen LogP contribution < -0.4 is 29.3 Å². The van der Waals surface area contributed by atoms with Gasteiger partial charge in [0, 0.05) is 30.4 Å². The SMILES string of the molecule is C=CCOc1ccc([C@@H]2C(C(=O)OCC)=C(C)N=c3s/c(=C\c4ccc(N(CC)CC)cc4OC)c(=O)n32)cc1. The van der Waals surface area contributed by atoms with Gasteiger partial charge in [0.1, 0.15) is 18.1 Å². The van der Waals surface area contributed by atoms with Crippen LogP contribution in [0.2, 0.25) is 0 Å². The monoisotopic (exact) mass is 561 g/mol. The van der Waals surface area contributed by atoms with E-state index in [1.807, 2.05) is 48.5 Å². The first-order chi connectivity index (χ1) is 19.4. The number of nitrogens with zero attached hydrogens (tertiary/aromatic N) is 3. The molecular formula is C31H35N3O5S. The highest BCUT2D eigenvalue weighted by Crippen LogP contribution is 2.32. The van der Waals surface area contributed by atoms with Crippen molar-refractivity contribution < 1.29 is 19.0 Å². The highest BCUT2D eigenvalue weighted by molar-refractivity contribution is 7.07. The highest BCUT2D eigenvalue weighted by Gasteiger charge is 2.33. The van der Waals surface area contributed by atoms with Crippen LogP contribution in [0.1, 0.15) is 44.9 Å². The van der Waals surface area contributed by atoms with Crippen LogP contribution in [-0.4, -0.2) is 43.9 Å². The van der Waals surface area contributed by atoms with Crippen LogP contribution in [0.15, 0.2) is 76.2 Å². The number of ether oxygens (including phenoxy) is 3. The van der Waals surface area contributed by atoms with Gasteiger partial charge < -0.3 is 19.1 Å². The van der Waals surface area contributed by atoms with Crippen LogP contribution in [0.3, 0.4) is 0 Å². The average molecular weight is 562 g/mol. The second-order valence-corrected chi connectivity index (χ2v) is 10.1. The van der Waals surface area contributed by atoms with Gasteiger partial charge >= 0.3 is 5.97 Å². The molecule has 1 aliphatic rings. The number of esters is 1. The van der Waals surface area contributed by atoms with Gasteiger partial charge in [-0.25, -0.2) is 9.79 Å². The van der Waals surface area contributed by atoms with Gasteiger partial charge in [-0.05, 0) is 63.6 Å². The molecule has 1 aliphatic heterocycles. The van der Waals surface area contributed by atoms with Crippen molar-refractivity contribution >= 4 is 29.1 Å². The summed E-state index contributed by atoms with van der Waals surface area (Å²) >= 11 is 1.28. The summed E-state index contributed by atoms with van der Waals surface area (Å²) in [6, 6.07) is 12.6. The van der Waals surface area contributed by atoms with Crippen molar-refractivity contribution in [3.8, 4) is 11.5 Å². The van der Waals surface area contributed by atoms with Crippen molar-refractivity contribution in [2.45, 2.75) is 33.7 Å². The third kappa shape index (κ3) is 5.74. The van der Waals surface area contributed by atoms with Crippen LogP contribution in [0.5, 0.6) is 11.5 Å². The molecule has 0 spiro atoms. The molecule has 0 fully saturated rings. The molecule has 2 aromatic carbocycles. The Balaban J connectivity index is 1.87. The summed E-state index contributed by atoms with van der Waals surface area (Å²) in [7, 11) is 1.62. The molecular weight excluding hydrogens is 526 g/mol. The first-order valence-electron chi connectivity index (χ1n) is 13.3. The summed E-state index contributed by atoms with van der Waals surface area (Å²) in [6.07, 6.45) is 3.49. The molecule has 0 saturated carbocycles. The fourth-order valence-corrected chi connectivity index (χ4v) is 5.79. The number of methoxy groups -OCH3 is 1. The molecule has 0 amide bonds. The second kappa shape index (κ2) is 12.8. The molecule has 40 heavy (non-hydrogen) atoms. The lowest BCUT2D eigenvalue weighted by Crippen LogP contribution is -2.39. The zero-order valence-corrected chi connectivity index (χ0v) is 24.4. The number of anilines is 1. The predicted octanol–water partition coefficient (Wildman–Crippen LogP) is 4.22.